The summed E-state index contributed by atoms with van der Waals surface area (Å²) in [7, 11) is 2.88. The van der Waals surface area contributed by atoms with Crippen LogP contribution in [0.5, 0.6) is 5.75 Å². The van der Waals surface area contributed by atoms with Crippen LogP contribution in [0.4, 0.5) is 19.0 Å². The summed E-state index contributed by atoms with van der Waals surface area (Å²) in [6, 6.07) is 3.91. The number of nitrogens with two attached hydrogens (primary N) is 1. The number of hydrogen-bond donors (Lipinski definition) is 1. The zero-order valence-corrected chi connectivity index (χ0v) is 15.3. The van der Waals surface area contributed by atoms with E-state index in [-0.39, 0.29) is 12.0 Å². The average Bonchev–Trinajstić information content (AvgIpc) is 3.06. The summed E-state index contributed by atoms with van der Waals surface area (Å²) in [5.74, 6) is -0.521. The van der Waals surface area contributed by atoms with E-state index in [9.17, 15) is 18.0 Å². The van der Waals surface area contributed by atoms with Gasteiger partial charge in [-0.25, -0.2) is 4.98 Å². The van der Waals surface area contributed by atoms with Crippen LogP contribution in [0, 0.1) is 6.92 Å². The number of aromatic nitrogens is 4. The number of rotatable bonds is 4. The number of ether oxygens (including phenoxy) is 1. The summed E-state index contributed by atoms with van der Waals surface area (Å²) < 4.78 is 43.4. The maximum absolute atomic E-state index is 12.7. The number of alkyl halides is 3. The van der Waals surface area contributed by atoms with Crippen LogP contribution < -0.4 is 10.5 Å². The Kier molecular flexibility index (Phi) is 4.84. The zero-order chi connectivity index (χ0) is 20.6. The number of nitrogens with zero attached hydrogens (tertiary/aromatic N) is 5. The molecule has 0 spiro atoms. The molecule has 28 heavy (non-hydrogen) atoms. The molecule has 0 unspecified atom stereocenters. The van der Waals surface area contributed by atoms with E-state index in [0.717, 1.165) is 6.07 Å². The third kappa shape index (κ3) is 3.82. The summed E-state index contributed by atoms with van der Waals surface area (Å²) in [5, 5.41) is 4.00. The number of aryl methyl sites for hydroxylation is 1. The lowest BCUT2D eigenvalue weighted by Crippen LogP contribution is -2.25. The van der Waals surface area contributed by atoms with Crippen molar-refractivity contribution in [2.75, 3.05) is 19.8 Å². The molecule has 3 aromatic rings. The molecule has 2 N–H and O–H groups in total. The number of nitrogen functional groups attached to an aromatic ring is 1. The Morgan fingerprint density at radius 1 is 1.32 bits per heavy atom. The largest absolute Gasteiger partial charge is 0.573 e. The summed E-state index contributed by atoms with van der Waals surface area (Å²) >= 11 is 0. The highest BCUT2D eigenvalue weighted by molar-refractivity contribution is 5.96. The van der Waals surface area contributed by atoms with E-state index < -0.39 is 18.0 Å². The first kappa shape index (κ1) is 19.4. The standard InChI is InChI=1S/C17H17F3N6O2/c1-9-11(14(21)26-16(24-9)22-8-23-26)6-10-4-5-13(28-17(18,19)20)12(7-10)15(27)25(2)3/h4-5,7-8H,6,21H2,1-3H3. The number of carbonyl (C=O) groups is 1. The maximum atomic E-state index is 12.7. The molecule has 0 fully saturated rings. The van der Waals surface area contributed by atoms with Gasteiger partial charge < -0.3 is 15.4 Å². The smallest absolute Gasteiger partial charge is 0.405 e. The van der Waals surface area contributed by atoms with Gasteiger partial charge in [0.05, 0.1) is 5.56 Å². The van der Waals surface area contributed by atoms with E-state index in [1.54, 1.807) is 6.92 Å². The van der Waals surface area contributed by atoms with Crippen molar-refractivity contribution in [3.05, 3.63) is 46.9 Å². The van der Waals surface area contributed by atoms with E-state index >= 15 is 0 Å². The molecule has 11 heteroatoms. The topological polar surface area (TPSA) is 98.6 Å². The molecular formula is C17H17F3N6O2. The molecule has 0 saturated heterocycles. The quantitative estimate of drug-likeness (QED) is 0.729. The molecule has 3 rings (SSSR count). The monoisotopic (exact) mass is 394 g/mol. The van der Waals surface area contributed by atoms with Crippen molar-refractivity contribution in [3.8, 4) is 5.75 Å². The molecule has 0 aliphatic heterocycles. The van der Waals surface area contributed by atoms with Crippen LogP contribution in [-0.4, -0.2) is 50.8 Å². The van der Waals surface area contributed by atoms with Crippen LogP contribution in [0.25, 0.3) is 5.78 Å². The SMILES string of the molecule is Cc1nc2ncnn2c(N)c1Cc1ccc(OC(F)(F)F)c(C(=O)N(C)C)c1. The van der Waals surface area contributed by atoms with Crippen LogP contribution in [0.3, 0.4) is 0 Å². The van der Waals surface area contributed by atoms with Crippen molar-refractivity contribution < 1.29 is 22.7 Å². The van der Waals surface area contributed by atoms with Crippen molar-refractivity contribution in [2.45, 2.75) is 19.7 Å². The first-order valence-electron chi connectivity index (χ1n) is 8.12. The van der Waals surface area contributed by atoms with E-state index in [1.807, 2.05) is 0 Å². The fraction of sp³-hybridized carbons (Fsp3) is 0.294. The van der Waals surface area contributed by atoms with Gasteiger partial charge in [0, 0.05) is 31.8 Å². The van der Waals surface area contributed by atoms with Crippen molar-refractivity contribution in [1.82, 2.24) is 24.5 Å². The van der Waals surface area contributed by atoms with E-state index in [0.29, 0.717) is 28.4 Å². The number of carbonyl (C=O) groups excluding carboxylic acids is 1. The first-order valence-corrected chi connectivity index (χ1v) is 8.12. The Balaban J connectivity index is 2.04. The molecule has 0 atom stereocenters. The summed E-state index contributed by atoms with van der Waals surface area (Å²) in [5.41, 5.74) is 7.74. The minimum atomic E-state index is -4.91. The lowest BCUT2D eigenvalue weighted by molar-refractivity contribution is -0.274. The average molecular weight is 394 g/mol. The minimum absolute atomic E-state index is 0.203. The predicted octanol–water partition coefficient (Wildman–Crippen LogP) is 2.21. The van der Waals surface area contributed by atoms with Crippen molar-refractivity contribution >= 4 is 17.5 Å². The lowest BCUT2D eigenvalue weighted by Gasteiger charge is -2.17. The summed E-state index contributed by atoms with van der Waals surface area (Å²) in [6.45, 7) is 1.74. The summed E-state index contributed by atoms with van der Waals surface area (Å²) in [6.07, 6.45) is -3.36. The normalized spacial score (nSPS) is 11.6. The number of amides is 1. The zero-order valence-electron chi connectivity index (χ0n) is 15.3. The second-order valence-electron chi connectivity index (χ2n) is 6.29. The van der Waals surface area contributed by atoms with Gasteiger partial charge in [-0.3, -0.25) is 4.79 Å². The van der Waals surface area contributed by atoms with Crippen LogP contribution in [0.15, 0.2) is 24.5 Å². The first-order chi connectivity index (χ1) is 13.1. The van der Waals surface area contributed by atoms with Crippen molar-refractivity contribution in [1.29, 1.82) is 0 Å². The highest BCUT2D eigenvalue weighted by Gasteiger charge is 2.33. The Bertz CT molecular complexity index is 1050. The van der Waals surface area contributed by atoms with Gasteiger partial charge in [-0.1, -0.05) is 6.07 Å². The second-order valence-corrected chi connectivity index (χ2v) is 6.29. The number of anilines is 1. The molecular weight excluding hydrogens is 377 g/mol. The molecule has 0 aliphatic rings. The van der Waals surface area contributed by atoms with Gasteiger partial charge in [0.15, 0.2) is 0 Å². The van der Waals surface area contributed by atoms with Gasteiger partial charge in [0.2, 0.25) is 0 Å². The van der Waals surface area contributed by atoms with Gasteiger partial charge in [-0.05, 0) is 24.6 Å². The summed E-state index contributed by atoms with van der Waals surface area (Å²) in [4.78, 5) is 21.8. The van der Waals surface area contributed by atoms with Gasteiger partial charge in [0.25, 0.3) is 11.7 Å². The highest BCUT2D eigenvalue weighted by atomic mass is 19.4. The van der Waals surface area contributed by atoms with Crippen LogP contribution in [0.2, 0.25) is 0 Å². The predicted molar refractivity (Wildman–Crippen MR) is 93.9 cm³/mol. The van der Waals surface area contributed by atoms with Crippen molar-refractivity contribution in [2.24, 2.45) is 0 Å². The minimum Gasteiger partial charge on any atom is -0.405 e. The molecule has 0 radical (unpaired) electrons. The Morgan fingerprint density at radius 3 is 2.68 bits per heavy atom. The van der Waals surface area contributed by atoms with Crippen molar-refractivity contribution in [3.63, 3.8) is 0 Å². The molecule has 1 amide bonds. The third-order valence-electron chi connectivity index (χ3n) is 4.06. The Morgan fingerprint density at radius 2 is 2.04 bits per heavy atom. The molecule has 0 saturated carbocycles. The molecule has 8 nitrogen and oxygen atoms in total. The Labute approximate surface area is 157 Å². The van der Waals surface area contributed by atoms with Gasteiger partial charge in [-0.2, -0.15) is 14.6 Å². The molecule has 0 bridgehead atoms. The number of fused-ring (bicyclic) bond motifs is 1. The molecule has 2 aromatic heterocycles. The van der Waals surface area contributed by atoms with Crippen LogP contribution in [-0.2, 0) is 6.42 Å². The van der Waals surface area contributed by atoms with Gasteiger partial charge in [0.1, 0.15) is 17.9 Å². The second kappa shape index (κ2) is 6.98. The number of hydrogen-bond acceptors (Lipinski definition) is 6. The number of halogens is 3. The fourth-order valence-electron chi connectivity index (χ4n) is 2.74. The van der Waals surface area contributed by atoms with Crippen LogP contribution in [0.1, 0.15) is 27.2 Å². The molecule has 0 aliphatic carbocycles. The van der Waals surface area contributed by atoms with Crippen LogP contribution >= 0.6 is 0 Å². The maximum Gasteiger partial charge on any atom is 0.573 e. The highest BCUT2D eigenvalue weighted by Crippen LogP contribution is 2.29. The fourth-order valence-corrected chi connectivity index (χ4v) is 2.74. The van der Waals surface area contributed by atoms with Gasteiger partial charge >= 0.3 is 6.36 Å². The molecule has 148 valence electrons. The van der Waals surface area contributed by atoms with E-state index in [1.165, 1.54) is 42.0 Å². The lowest BCUT2D eigenvalue weighted by atomic mass is 10.0. The number of benzene rings is 1. The molecule has 2 heterocycles. The third-order valence-corrected chi connectivity index (χ3v) is 4.06. The molecule has 1 aromatic carbocycles. The van der Waals surface area contributed by atoms with E-state index in [4.69, 9.17) is 5.73 Å². The van der Waals surface area contributed by atoms with E-state index in [2.05, 4.69) is 19.8 Å². The van der Waals surface area contributed by atoms with Gasteiger partial charge in [-0.15, -0.1) is 13.2 Å². The Hall–Kier alpha value is -3.37.